The molecule has 0 saturated carbocycles. The maximum absolute atomic E-state index is 10.8. The van der Waals surface area contributed by atoms with E-state index in [1.165, 1.54) is 0 Å². The van der Waals surface area contributed by atoms with Crippen molar-refractivity contribution in [1.82, 2.24) is 19.5 Å². The highest BCUT2D eigenvalue weighted by molar-refractivity contribution is 7.46. The molecule has 2 aromatic heterocycles. The summed E-state index contributed by atoms with van der Waals surface area (Å²) in [4.78, 5) is 28.6. The van der Waals surface area contributed by atoms with Crippen molar-refractivity contribution in [3.8, 4) is 5.88 Å². The summed E-state index contributed by atoms with van der Waals surface area (Å²) in [5, 5.41) is 39.3. The number of nitrogens with zero attached hydrogens (tertiary/aromatic N) is 4. The lowest BCUT2D eigenvalue weighted by molar-refractivity contribution is -0.161. The van der Waals surface area contributed by atoms with Crippen LogP contribution in [0.25, 0.3) is 11.2 Å². The smallest absolute Gasteiger partial charge is 0.472 e. The maximum atomic E-state index is 10.8. The fourth-order valence-electron chi connectivity index (χ4n) is 2.38. The van der Waals surface area contributed by atoms with Crippen molar-refractivity contribution < 1.29 is 44.0 Å². The predicted molar refractivity (Wildman–Crippen MR) is 72.0 cm³/mol. The first kappa shape index (κ1) is 17.1. The van der Waals surface area contributed by atoms with Crippen LogP contribution in [0.1, 0.15) is 6.23 Å². The quantitative estimate of drug-likeness (QED) is 0.248. The van der Waals surface area contributed by atoms with Gasteiger partial charge in [-0.25, -0.2) is 14.5 Å². The minimum atomic E-state index is -5.04. The van der Waals surface area contributed by atoms with Gasteiger partial charge >= 0.3 is 7.82 Å². The molecule has 132 valence electrons. The molecule has 13 nitrogen and oxygen atoms in total. The van der Waals surface area contributed by atoms with Gasteiger partial charge in [-0.2, -0.15) is 4.98 Å². The Bertz CT molecular complexity index is 794. The van der Waals surface area contributed by atoms with E-state index in [0.717, 1.165) is 17.2 Å². The van der Waals surface area contributed by atoms with E-state index in [4.69, 9.17) is 14.5 Å². The molecule has 0 aromatic carbocycles. The van der Waals surface area contributed by atoms with Crippen LogP contribution in [0.15, 0.2) is 12.7 Å². The summed E-state index contributed by atoms with van der Waals surface area (Å²) in [5.74, 6) is -0.409. The van der Waals surface area contributed by atoms with E-state index < -0.39 is 44.5 Å². The Hall–Kier alpha value is -1.70. The number of phosphoric ester groups is 1. The molecule has 0 spiro atoms. The second kappa shape index (κ2) is 5.98. The maximum Gasteiger partial charge on any atom is 0.472 e. The first-order valence-electron chi connectivity index (χ1n) is 6.49. The van der Waals surface area contributed by atoms with Crippen molar-refractivity contribution in [2.24, 2.45) is 0 Å². The Kier molecular flexibility index (Phi) is 4.27. The van der Waals surface area contributed by atoms with Crippen molar-refractivity contribution in [2.45, 2.75) is 30.8 Å². The van der Waals surface area contributed by atoms with Gasteiger partial charge in [0, 0.05) is 0 Å². The number of aliphatic hydroxyl groups excluding tert-OH is 3. The van der Waals surface area contributed by atoms with Crippen molar-refractivity contribution in [1.29, 1.82) is 0 Å². The van der Waals surface area contributed by atoms with Crippen LogP contribution in [0.2, 0.25) is 0 Å². The van der Waals surface area contributed by atoms with E-state index in [-0.39, 0.29) is 11.2 Å². The van der Waals surface area contributed by atoms with Crippen LogP contribution >= 0.6 is 7.82 Å². The third kappa shape index (κ3) is 2.99. The number of phosphoric acid groups is 1. The predicted octanol–water partition coefficient (Wildman–Crippen LogP) is -2.42. The number of fused-ring (bicyclic) bond motifs is 1. The first-order chi connectivity index (χ1) is 11.2. The summed E-state index contributed by atoms with van der Waals surface area (Å²) >= 11 is 0. The van der Waals surface area contributed by atoms with E-state index in [9.17, 15) is 25.0 Å². The van der Waals surface area contributed by atoms with Gasteiger partial charge in [0.1, 0.15) is 24.6 Å². The van der Waals surface area contributed by atoms with Crippen LogP contribution in [-0.2, 0) is 13.8 Å². The van der Waals surface area contributed by atoms with Crippen molar-refractivity contribution in [2.75, 3.05) is 0 Å². The van der Waals surface area contributed by atoms with Crippen LogP contribution in [0.4, 0.5) is 0 Å². The van der Waals surface area contributed by atoms with Gasteiger partial charge in [0.2, 0.25) is 5.88 Å². The zero-order chi connectivity index (χ0) is 17.6. The molecular formula is C10H13N4O9P. The van der Waals surface area contributed by atoms with Crippen LogP contribution in [-0.4, -0.2) is 74.3 Å². The van der Waals surface area contributed by atoms with Gasteiger partial charge in [0.15, 0.2) is 23.7 Å². The molecular weight excluding hydrogens is 351 g/mol. The number of aromatic nitrogens is 4. The first-order valence-corrected chi connectivity index (χ1v) is 8.02. The highest BCUT2D eigenvalue weighted by Gasteiger charge is 2.49. The van der Waals surface area contributed by atoms with Crippen molar-refractivity contribution in [3.05, 3.63) is 12.7 Å². The van der Waals surface area contributed by atoms with Crippen LogP contribution < -0.4 is 0 Å². The summed E-state index contributed by atoms with van der Waals surface area (Å²) in [7, 11) is -5.04. The molecule has 5 atom stereocenters. The molecule has 14 heteroatoms. The molecule has 1 aliphatic heterocycles. The van der Waals surface area contributed by atoms with Crippen molar-refractivity contribution in [3.63, 3.8) is 0 Å². The summed E-state index contributed by atoms with van der Waals surface area (Å²) in [5.41, 5.74) is 0.0862. The highest BCUT2D eigenvalue weighted by atomic mass is 31.2. The summed E-state index contributed by atoms with van der Waals surface area (Å²) < 4.78 is 21.2. The van der Waals surface area contributed by atoms with Gasteiger partial charge in [-0.3, -0.25) is 9.09 Å². The average molecular weight is 364 g/mol. The van der Waals surface area contributed by atoms with Gasteiger partial charge in [-0.1, -0.05) is 0 Å². The minimum absolute atomic E-state index is 0.0123. The third-order valence-corrected chi connectivity index (χ3v) is 3.91. The SMILES string of the molecule is O=P(O)(O)OC(O)[C@H]1O[C@@H](n2cnc3c(O)ncnc32)[C@H](O)[C@@H]1O. The Morgan fingerprint density at radius 1 is 1.25 bits per heavy atom. The number of aliphatic hydroxyl groups is 3. The average Bonchev–Trinajstić information content (AvgIpc) is 3.01. The van der Waals surface area contributed by atoms with Crippen molar-refractivity contribution >= 4 is 19.0 Å². The van der Waals surface area contributed by atoms with Gasteiger partial charge in [-0.15, -0.1) is 0 Å². The van der Waals surface area contributed by atoms with E-state index in [1.54, 1.807) is 0 Å². The molecule has 1 unspecified atom stereocenters. The number of hydrogen-bond donors (Lipinski definition) is 6. The fraction of sp³-hybridized carbons (Fsp3) is 0.500. The molecule has 0 aliphatic carbocycles. The van der Waals surface area contributed by atoms with Crippen LogP contribution in [0, 0.1) is 0 Å². The monoisotopic (exact) mass is 364 g/mol. The molecule has 2 aromatic rings. The molecule has 1 saturated heterocycles. The van der Waals surface area contributed by atoms with E-state index in [1.807, 2.05) is 0 Å². The standard InChI is InChI=1S/C10H13N4O9P/c15-4-5(16)9(22-6(4)10(18)23-24(19,20)21)14-2-13-3-7(14)11-1-12-8(3)17/h1-2,4-6,9-10,15-16,18H,(H,11,12,17)(H2,19,20,21)/t4-,5+,6-,9+,10?/m0/s1. The summed E-state index contributed by atoms with van der Waals surface area (Å²) in [6.45, 7) is 0. The summed E-state index contributed by atoms with van der Waals surface area (Å²) in [6.07, 6.45) is -6.28. The Labute approximate surface area is 133 Å². The third-order valence-electron chi connectivity index (χ3n) is 3.42. The zero-order valence-electron chi connectivity index (χ0n) is 11.7. The van der Waals surface area contributed by atoms with Gasteiger partial charge in [-0.05, 0) is 0 Å². The molecule has 0 bridgehead atoms. The molecule has 1 aliphatic rings. The highest BCUT2D eigenvalue weighted by Crippen LogP contribution is 2.41. The number of rotatable bonds is 4. The fourth-order valence-corrected chi connectivity index (χ4v) is 2.78. The number of ether oxygens (including phenoxy) is 1. The van der Waals surface area contributed by atoms with E-state index in [0.29, 0.717) is 0 Å². The van der Waals surface area contributed by atoms with E-state index in [2.05, 4.69) is 19.5 Å². The summed E-state index contributed by atoms with van der Waals surface area (Å²) in [6, 6.07) is 0. The second-order valence-electron chi connectivity index (χ2n) is 4.98. The lowest BCUT2D eigenvalue weighted by Crippen LogP contribution is -2.39. The van der Waals surface area contributed by atoms with Crippen LogP contribution in [0.5, 0.6) is 5.88 Å². The molecule has 24 heavy (non-hydrogen) atoms. The van der Waals surface area contributed by atoms with E-state index >= 15 is 0 Å². The number of hydrogen-bond acceptors (Lipinski definition) is 10. The van der Waals surface area contributed by atoms with Gasteiger partial charge < -0.3 is 34.9 Å². The Morgan fingerprint density at radius 2 is 1.96 bits per heavy atom. The lowest BCUT2D eigenvalue weighted by Gasteiger charge is -2.21. The molecule has 0 radical (unpaired) electrons. The Balaban J connectivity index is 1.89. The zero-order valence-corrected chi connectivity index (χ0v) is 12.6. The van der Waals surface area contributed by atoms with Gasteiger partial charge in [0.25, 0.3) is 0 Å². The largest absolute Gasteiger partial charge is 0.492 e. The topological polar surface area (TPSA) is 201 Å². The molecule has 3 heterocycles. The Morgan fingerprint density at radius 3 is 2.62 bits per heavy atom. The van der Waals surface area contributed by atoms with Gasteiger partial charge in [0.05, 0.1) is 6.33 Å². The normalized spacial score (nSPS) is 29.2. The number of aromatic hydroxyl groups is 1. The number of imidazole rings is 1. The molecule has 0 amide bonds. The van der Waals surface area contributed by atoms with Crippen LogP contribution in [0.3, 0.4) is 0 Å². The lowest BCUT2D eigenvalue weighted by atomic mass is 10.1. The molecule has 1 fully saturated rings. The second-order valence-corrected chi connectivity index (χ2v) is 6.17. The molecule has 3 rings (SSSR count). The molecule has 6 N–H and O–H groups in total. The minimum Gasteiger partial charge on any atom is -0.492 e.